The Morgan fingerprint density at radius 1 is 0.912 bits per heavy atom. The van der Waals surface area contributed by atoms with E-state index in [0.29, 0.717) is 17.0 Å². The molecule has 11 heteroatoms. The summed E-state index contributed by atoms with van der Waals surface area (Å²) in [5, 5.41) is 2.36. The number of ether oxygens (including phenoxy) is 2. The predicted molar refractivity (Wildman–Crippen MR) is 128 cm³/mol. The molecule has 2 amide bonds. The Morgan fingerprint density at radius 2 is 1.41 bits per heavy atom. The molecular formula is C23H28N4O6S. The smallest absolute Gasteiger partial charge is 0.340 e. The summed E-state index contributed by atoms with van der Waals surface area (Å²) >= 11 is 5.07. The number of rotatable bonds is 7. The molecule has 0 saturated heterocycles. The fraction of sp³-hybridized carbons (Fsp3) is 0.348. The summed E-state index contributed by atoms with van der Waals surface area (Å²) in [7, 11) is 0. The molecule has 0 fully saturated rings. The van der Waals surface area contributed by atoms with E-state index in [4.69, 9.17) is 21.7 Å². The van der Waals surface area contributed by atoms with Crippen LogP contribution in [0.4, 0.5) is 0 Å². The summed E-state index contributed by atoms with van der Waals surface area (Å²) in [5.74, 6) is -2.32. The number of thiocarbonyl (C=S) groups is 1. The molecule has 0 radical (unpaired) electrons. The summed E-state index contributed by atoms with van der Waals surface area (Å²) < 4.78 is 11.8. The topological polar surface area (TPSA) is 128 Å². The molecule has 0 aliphatic carbocycles. The van der Waals surface area contributed by atoms with Crippen LogP contribution >= 0.6 is 12.2 Å². The highest BCUT2D eigenvalue weighted by Gasteiger charge is 2.32. The summed E-state index contributed by atoms with van der Waals surface area (Å²) in [5.41, 5.74) is 6.18. The molecule has 0 aliphatic rings. The molecule has 0 aliphatic heterocycles. The highest BCUT2D eigenvalue weighted by molar-refractivity contribution is 7.80. The first-order chi connectivity index (χ1) is 16.1. The van der Waals surface area contributed by atoms with Crippen LogP contribution in [-0.2, 0) is 14.3 Å². The van der Waals surface area contributed by atoms with Gasteiger partial charge >= 0.3 is 11.9 Å². The minimum atomic E-state index is -0.850. The van der Waals surface area contributed by atoms with Gasteiger partial charge in [0.05, 0.1) is 24.3 Å². The number of hydrogen-bond acceptors (Lipinski definition) is 7. The SMILES string of the molecule is CCOC(=O)c1c(C(=O)OCC)c(C)n(C(C)C(=O)NNC(=S)NC(=O)c2ccccc2)c1C. The minimum absolute atomic E-state index is 0.0519. The van der Waals surface area contributed by atoms with E-state index in [1.807, 2.05) is 0 Å². The van der Waals surface area contributed by atoms with Crippen molar-refractivity contribution in [3.63, 3.8) is 0 Å². The van der Waals surface area contributed by atoms with Gasteiger partial charge in [-0.15, -0.1) is 0 Å². The zero-order valence-corrected chi connectivity index (χ0v) is 20.5. The van der Waals surface area contributed by atoms with Crippen molar-refractivity contribution in [1.29, 1.82) is 0 Å². The first-order valence-electron chi connectivity index (χ1n) is 10.7. The van der Waals surface area contributed by atoms with Gasteiger partial charge < -0.3 is 14.0 Å². The number of carbonyl (C=O) groups is 4. The van der Waals surface area contributed by atoms with Crippen LogP contribution in [0.2, 0.25) is 0 Å². The predicted octanol–water partition coefficient (Wildman–Crippen LogP) is 2.36. The number of carbonyl (C=O) groups excluding carboxylic acids is 4. The van der Waals surface area contributed by atoms with Gasteiger partial charge in [-0.1, -0.05) is 18.2 Å². The molecule has 1 aromatic carbocycles. The van der Waals surface area contributed by atoms with Crippen molar-refractivity contribution in [1.82, 2.24) is 20.7 Å². The molecule has 1 heterocycles. The second-order valence-electron chi connectivity index (χ2n) is 7.17. The third kappa shape index (κ3) is 5.98. The van der Waals surface area contributed by atoms with Crippen molar-refractivity contribution < 1.29 is 28.7 Å². The lowest BCUT2D eigenvalue weighted by molar-refractivity contribution is -0.124. The van der Waals surface area contributed by atoms with Gasteiger partial charge in [0.2, 0.25) is 0 Å². The lowest BCUT2D eigenvalue weighted by Gasteiger charge is -2.19. The largest absolute Gasteiger partial charge is 0.462 e. The summed E-state index contributed by atoms with van der Waals surface area (Å²) in [6.07, 6.45) is 0. The van der Waals surface area contributed by atoms with Gasteiger partial charge in [0.25, 0.3) is 11.8 Å². The van der Waals surface area contributed by atoms with Crippen LogP contribution in [0.5, 0.6) is 0 Å². The van der Waals surface area contributed by atoms with Crippen molar-refractivity contribution in [2.45, 2.75) is 40.7 Å². The zero-order valence-electron chi connectivity index (χ0n) is 19.7. The molecule has 34 heavy (non-hydrogen) atoms. The third-order valence-electron chi connectivity index (χ3n) is 4.98. The monoisotopic (exact) mass is 488 g/mol. The van der Waals surface area contributed by atoms with Gasteiger partial charge in [0.15, 0.2) is 5.11 Å². The molecule has 1 aromatic heterocycles. The van der Waals surface area contributed by atoms with Gasteiger partial charge in [0.1, 0.15) is 6.04 Å². The standard InChI is InChI=1S/C23H28N4O6S/c1-6-32-21(30)17-13(3)27(14(4)18(17)22(31)33-7-2)15(5)19(28)25-26-23(34)24-20(29)16-11-9-8-10-12-16/h8-12,15H,6-7H2,1-5H3,(H,25,28)(H2,24,26,29,34). The van der Waals surface area contributed by atoms with E-state index in [-0.39, 0.29) is 29.5 Å². The Labute approximate surface area is 203 Å². The summed E-state index contributed by atoms with van der Waals surface area (Å²) in [6, 6.07) is 7.60. The Kier molecular flexibility index (Phi) is 9.31. The van der Waals surface area contributed by atoms with Gasteiger partial charge in [0, 0.05) is 17.0 Å². The van der Waals surface area contributed by atoms with E-state index >= 15 is 0 Å². The molecule has 1 unspecified atom stereocenters. The Hall–Kier alpha value is -3.73. The molecule has 0 saturated carbocycles. The van der Waals surface area contributed by atoms with E-state index < -0.39 is 29.8 Å². The first kappa shape index (κ1) is 26.5. The van der Waals surface area contributed by atoms with Crippen LogP contribution in [0.25, 0.3) is 0 Å². The molecule has 0 bridgehead atoms. The Balaban J connectivity index is 2.19. The number of aromatic nitrogens is 1. The maximum Gasteiger partial charge on any atom is 0.340 e. The van der Waals surface area contributed by atoms with E-state index in [1.165, 1.54) is 0 Å². The molecule has 3 N–H and O–H groups in total. The third-order valence-corrected chi connectivity index (χ3v) is 5.19. The number of nitrogens with one attached hydrogen (secondary N) is 3. The normalized spacial score (nSPS) is 11.2. The number of nitrogens with zero attached hydrogens (tertiary/aromatic N) is 1. The average Bonchev–Trinajstić information content (AvgIpc) is 3.07. The maximum atomic E-state index is 12.8. The molecular weight excluding hydrogens is 460 g/mol. The Morgan fingerprint density at radius 3 is 1.88 bits per heavy atom. The van der Waals surface area contributed by atoms with Gasteiger partial charge in [-0.25, -0.2) is 9.59 Å². The van der Waals surface area contributed by atoms with E-state index in [9.17, 15) is 19.2 Å². The quantitative estimate of drug-likeness (QED) is 0.308. The Bertz CT molecular complexity index is 1060. The van der Waals surface area contributed by atoms with E-state index in [0.717, 1.165) is 0 Å². The molecule has 2 rings (SSSR count). The van der Waals surface area contributed by atoms with Crippen molar-refractivity contribution in [2.24, 2.45) is 0 Å². The second kappa shape index (κ2) is 11.9. The second-order valence-corrected chi connectivity index (χ2v) is 7.58. The van der Waals surface area contributed by atoms with Crippen LogP contribution in [-0.4, -0.2) is 46.6 Å². The highest BCUT2D eigenvalue weighted by Crippen LogP contribution is 2.28. The van der Waals surface area contributed by atoms with Crippen LogP contribution in [0, 0.1) is 13.8 Å². The van der Waals surface area contributed by atoms with E-state index in [1.54, 1.807) is 69.5 Å². The highest BCUT2D eigenvalue weighted by atomic mass is 32.1. The van der Waals surface area contributed by atoms with Gasteiger partial charge in [-0.2, -0.15) is 0 Å². The number of amides is 2. The molecule has 182 valence electrons. The van der Waals surface area contributed by atoms with Crippen LogP contribution < -0.4 is 16.2 Å². The molecule has 10 nitrogen and oxygen atoms in total. The lowest BCUT2D eigenvalue weighted by Crippen LogP contribution is -2.50. The fourth-order valence-electron chi connectivity index (χ4n) is 3.48. The number of benzene rings is 1. The summed E-state index contributed by atoms with van der Waals surface area (Å²) in [6.45, 7) is 8.37. The van der Waals surface area contributed by atoms with Crippen molar-refractivity contribution >= 4 is 41.1 Å². The van der Waals surface area contributed by atoms with Gasteiger partial charge in [-0.05, 0) is 59.0 Å². The van der Waals surface area contributed by atoms with Crippen molar-refractivity contribution in [3.8, 4) is 0 Å². The zero-order chi connectivity index (χ0) is 25.4. The van der Waals surface area contributed by atoms with E-state index in [2.05, 4.69) is 16.2 Å². The number of hydrogen-bond donors (Lipinski definition) is 3. The molecule has 0 spiro atoms. The number of hydrazine groups is 1. The average molecular weight is 489 g/mol. The van der Waals surface area contributed by atoms with Crippen molar-refractivity contribution in [2.75, 3.05) is 13.2 Å². The number of esters is 2. The van der Waals surface area contributed by atoms with Crippen LogP contribution in [0.1, 0.15) is 69.3 Å². The maximum absolute atomic E-state index is 12.8. The lowest BCUT2D eigenvalue weighted by atomic mass is 10.1. The molecule has 2 aromatic rings. The minimum Gasteiger partial charge on any atom is -0.462 e. The van der Waals surface area contributed by atoms with Crippen LogP contribution in [0.15, 0.2) is 30.3 Å². The first-order valence-corrected chi connectivity index (χ1v) is 11.1. The molecule has 1 atom stereocenters. The fourth-order valence-corrected chi connectivity index (χ4v) is 3.62. The van der Waals surface area contributed by atoms with Gasteiger partial charge in [-0.3, -0.25) is 25.8 Å². The van der Waals surface area contributed by atoms with Crippen LogP contribution in [0.3, 0.4) is 0 Å². The van der Waals surface area contributed by atoms with Crippen molar-refractivity contribution in [3.05, 3.63) is 58.4 Å². The summed E-state index contributed by atoms with van der Waals surface area (Å²) in [4.78, 5) is 50.1.